The number of hydrogen-bond donors (Lipinski definition) is 3. The van der Waals surface area contributed by atoms with E-state index in [1.54, 1.807) is 28.8 Å². The molecule has 0 unspecified atom stereocenters. The summed E-state index contributed by atoms with van der Waals surface area (Å²) in [6, 6.07) is 16.2. The van der Waals surface area contributed by atoms with Gasteiger partial charge in [0, 0.05) is 36.1 Å². The second-order valence-electron chi connectivity index (χ2n) is 8.33. The highest BCUT2D eigenvalue weighted by Gasteiger charge is 2.24. The largest absolute Gasteiger partial charge is 0.332 e. The number of fused-ring (bicyclic) bond motifs is 4. The fourth-order valence-corrected chi connectivity index (χ4v) is 4.68. The first-order valence-electron chi connectivity index (χ1n) is 10.8. The molecule has 6 rings (SSSR count). The van der Waals surface area contributed by atoms with Crippen molar-refractivity contribution in [2.24, 2.45) is 0 Å². The zero-order valence-electron chi connectivity index (χ0n) is 17.7. The Bertz CT molecular complexity index is 1480. The van der Waals surface area contributed by atoms with Crippen LogP contribution in [0.3, 0.4) is 0 Å². The summed E-state index contributed by atoms with van der Waals surface area (Å²) in [4.78, 5) is 13.4. The number of nitrogens with one attached hydrogen (secondary N) is 3. The number of halogens is 2. The Morgan fingerprint density at radius 1 is 1.03 bits per heavy atom. The summed E-state index contributed by atoms with van der Waals surface area (Å²) >= 11 is 0. The van der Waals surface area contributed by atoms with E-state index in [0.717, 1.165) is 36.6 Å². The lowest BCUT2D eigenvalue weighted by Gasteiger charge is -2.15. The van der Waals surface area contributed by atoms with Crippen LogP contribution in [0.4, 0.5) is 14.5 Å². The monoisotopic (exact) mass is 445 g/mol. The van der Waals surface area contributed by atoms with Crippen molar-refractivity contribution in [1.29, 1.82) is 0 Å². The Morgan fingerprint density at radius 2 is 1.91 bits per heavy atom. The molecule has 0 saturated heterocycles. The van der Waals surface area contributed by atoms with Crippen LogP contribution < -0.4 is 10.6 Å². The van der Waals surface area contributed by atoms with E-state index in [1.807, 2.05) is 12.1 Å². The van der Waals surface area contributed by atoms with Crippen molar-refractivity contribution in [2.75, 3.05) is 11.9 Å². The lowest BCUT2D eigenvalue weighted by Crippen LogP contribution is -2.28. The molecule has 3 N–H and O–H groups in total. The van der Waals surface area contributed by atoms with Crippen LogP contribution in [-0.4, -0.2) is 26.8 Å². The summed E-state index contributed by atoms with van der Waals surface area (Å²) in [6.45, 7) is 2.78. The Balaban J connectivity index is 1.38. The smallest absolute Gasteiger partial charge is 0.272 e. The Kier molecular flexibility index (Phi) is 4.55. The van der Waals surface area contributed by atoms with Gasteiger partial charge in [0.05, 0.1) is 23.6 Å². The van der Waals surface area contributed by atoms with Gasteiger partial charge in [0.15, 0.2) is 0 Å². The van der Waals surface area contributed by atoms with Gasteiger partial charge in [-0.05, 0) is 54.1 Å². The van der Waals surface area contributed by atoms with Crippen molar-refractivity contribution in [1.82, 2.24) is 19.7 Å². The number of carbonyl (C=O) groups excluding carboxylic acids is 1. The molecular weight excluding hydrogens is 424 g/mol. The minimum Gasteiger partial charge on any atom is -0.332 e. The number of rotatable bonds is 4. The molecule has 166 valence electrons. The van der Waals surface area contributed by atoms with Gasteiger partial charge in [-0.15, -0.1) is 0 Å². The fraction of sp³-hybridized carbons (Fsp3) is 0.160. The van der Waals surface area contributed by atoms with Crippen LogP contribution in [0, 0.1) is 11.6 Å². The third-order valence-corrected chi connectivity index (χ3v) is 6.22. The van der Waals surface area contributed by atoms with E-state index in [-0.39, 0.29) is 24.1 Å². The maximum atomic E-state index is 13.9. The molecule has 3 aromatic rings. The molecule has 6 nitrogen and oxygen atoms in total. The lowest BCUT2D eigenvalue weighted by atomic mass is 10.2. The molecule has 8 heteroatoms. The van der Waals surface area contributed by atoms with Crippen LogP contribution in [0.1, 0.15) is 21.7 Å². The first-order valence-corrected chi connectivity index (χ1v) is 10.8. The number of carbonyl (C=O) groups is 1. The molecule has 0 bridgehead atoms. The van der Waals surface area contributed by atoms with Gasteiger partial charge in [0.25, 0.3) is 5.91 Å². The molecule has 1 aromatic heterocycles. The third kappa shape index (κ3) is 3.39. The molecule has 3 aliphatic rings. The van der Waals surface area contributed by atoms with Crippen LogP contribution in [-0.2, 0) is 19.6 Å². The summed E-state index contributed by atoms with van der Waals surface area (Å²) in [6.07, 6.45) is 0. The van der Waals surface area contributed by atoms with Gasteiger partial charge in [0.2, 0.25) is 0 Å². The van der Waals surface area contributed by atoms with Crippen molar-refractivity contribution < 1.29 is 13.6 Å². The highest BCUT2D eigenvalue weighted by atomic mass is 19.1. The zero-order valence-corrected chi connectivity index (χ0v) is 17.7. The first kappa shape index (κ1) is 19.8. The van der Waals surface area contributed by atoms with E-state index in [2.05, 4.69) is 20.4 Å². The maximum absolute atomic E-state index is 13.9. The molecular formula is C25H21F2N5O. The number of aromatic amines is 1. The van der Waals surface area contributed by atoms with Gasteiger partial charge in [0.1, 0.15) is 17.3 Å². The number of nitrogens with zero attached hydrogens (tertiary/aromatic N) is 2. The zero-order chi connectivity index (χ0) is 22.5. The Morgan fingerprint density at radius 3 is 2.79 bits per heavy atom. The van der Waals surface area contributed by atoms with Crippen molar-refractivity contribution in [3.05, 3.63) is 89.2 Å². The molecule has 0 saturated carbocycles. The average molecular weight is 445 g/mol. The number of aromatic nitrogens is 3. The van der Waals surface area contributed by atoms with E-state index in [9.17, 15) is 13.6 Å². The number of hydrogen-bond acceptors (Lipinski definition) is 2. The Labute approximate surface area is 188 Å². The van der Waals surface area contributed by atoms with E-state index in [4.69, 9.17) is 0 Å². The van der Waals surface area contributed by atoms with Gasteiger partial charge in [-0.25, -0.2) is 8.78 Å². The summed E-state index contributed by atoms with van der Waals surface area (Å²) in [7, 11) is 0. The van der Waals surface area contributed by atoms with Crippen molar-refractivity contribution in [2.45, 2.75) is 19.6 Å². The lowest BCUT2D eigenvalue weighted by molar-refractivity contribution is 0.101. The second-order valence-corrected chi connectivity index (χ2v) is 8.33. The predicted molar refractivity (Wildman–Crippen MR) is 122 cm³/mol. The molecule has 1 aliphatic carbocycles. The Hall–Kier alpha value is -3.91. The summed E-state index contributed by atoms with van der Waals surface area (Å²) in [5.74, 6) is -1.04. The summed E-state index contributed by atoms with van der Waals surface area (Å²) in [5.41, 5.74) is 5.58. The van der Waals surface area contributed by atoms with Crippen LogP contribution >= 0.6 is 0 Å². The topological polar surface area (TPSA) is 66.8 Å². The van der Waals surface area contributed by atoms with Gasteiger partial charge < -0.3 is 15.2 Å². The predicted octanol–water partition coefficient (Wildman–Crippen LogP) is 4.56. The molecule has 33 heavy (non-hydrogen) atoms. The minimum absolute atomic E-state index is 0.282. The van der Waals surface area contributed by atoms with Crippen LogP contribution in [0.2, 0.25) is 0 Å². The molecule has 0 fully saturated rings. The van der Waals surface area contributed by atoms with Gasteiger partial charge in [-0.2, -0.15) is 0 Å². The van der Waals surface area contributed by atoms with Crippen LogP contribution in [0.25, 0.3) is 22.2 Å². The second kappa shape index (κ2) is 7.60. The molecule has 2 aliphatic heterocycles. The third-order valence-electron chi connectivity index (χ3n) is 6.22. The number of benzene rings is 2. The number of anilines is 1. The SMILES string of the molecule is O=C(Nc1ccc2c3n([nH]c1-2)CCNC3)c1cc2cc(F)ccc2n1Cc1cccc(F)c1. The van der Waals surface area contributed by atoms with Gasteiger partial charge in [-0.3, -0.25) is 14.6 Å². The van der Waals surface area contributed by atoms with Crippen molar-refractivity contribution in [3.63, 3.8) is 0 Å². The van der Waals surface area contributed by atoms with Crippen molar-refractivity contribution >= 4 is 22.5 Å². The fourth-order valence-electron chi connectivity index (χ4n) is 4.68. The molecule has 0 radical (unpaired) electrons. The minimum atomic E-state index is -0.377. The first-order chi connectivity index (χ1) is 16.1. The van der Waals surface area contributed by atoms with Crippen molar-refractivity contribution in [3.8, 4) is 11.3 Å². The molecule has 2 aromatic carbocycles. The molecule has 3 heterocycles. The normalized spacial score (nSPS) is 13.5. The number of amides is 1. The standard InChI is InChI=1S/C25H21F2N5O/c26-17-3-1-2-15(10-17)14-31-21-7-4-18(27)11-16(21)12-22(31)25(33)29-20-6-5-19-23-13-28-8-9-32(23)30-24(19)20/h1-7,10-12,28,30H,8-9,13-14H2,(H,29,33). The average Bonchev–Trinajstić information content (AvgIpc) is 3.46. The highest BCUT2D eigenvalue weighted by molar-refractivity contribution is 6.08. The molecule has 0 atom stereocenters. The summed E-state index contributed by atoms with van der Waals surface area (Å²) < 4.78 is 31.5. The van der Waals surface area contributed by atoms with Gasteiger partial charge in [-0.1, -0.05) is 12.1 Å². The van der Waals surface area contributed by atoms with E-state index in [0.29, 0.717) is 27.8 Å². The van der Waals surface area contributed by atoms with Crippen LogP contribution in [0.15, 0.2) is 60.7 Å². The quantitative estimate of drug-likeness (QED) is 0.380. The highest BCUT2D eigenvalue weighted by Crippen LogP contribution is 2.35. The summed E-state index contributed by atoms with van der Waals surface area (Å²) in [5, 5.41) is 10.4. The maximum Gasteiger partial charge on any atom is 0.272 e. The van der Waals surface area contributed by atoms with E-state index < -0.39 is 0 Å². The molecule has 1 amide bonds. The number of H-pyrrole nitrogens is 1. The van der Waals surface area contributed by atoms with E-state index >= 15 is 0 Å². The van der Waals surface area contributed by atoms with Crippen LogP contribution in [0.5, 0.6) is 0 Å². The van der Waals surface area contributed by atoms with Gasteiger partial charge >= 0.3 is 0 Å². The van der Waals surface area contributed by atoms with E-state index in [1.165, 1.54) is 24.3 Å². The molecule has 0 spiro atoms.